The zero-order valence-corrected chi connectivity index (χ0v) is 10.4. The minimum absolute atomic E-state index is 0.0171. The summed E-state index contributed by atoms with van der Waals surface area (Å²) in [4.78, 5) is 11.8. The second-order valence-electron chi connectivity index (χ2n) is 4.75. The van der Waals surface area contributed by atoms with Crippen molar-refractivity contribution >= 4 is 5.78 Å². The Morgan fingerprint density at radius 1 is 1.31 bits per heavy atom. The average Bonchev–Trinajstić information content (AvgIpc) is 2.21. The highest BCUT2D eigenvalue weighted by Gasteiger charge is 2.13. The van der Waals surface area contributed by atoms with Crippen molar-refractivity contribution in [1.29, 1.82) is 0 Å². The van der Waals surface area contributed by atoms with Crippen LogP contribution >= 0.6 is 0 Å². The van der Waals surface area contributed by atoms with Gasteiger partial charge in [0.05, 0.1) is 0 Å². The van der Waals surface area contributed by atoms with E-state index in [1.165, 1.54) is 5.56 Å². The van der Waals surface area contributed by atoms with E-state index in [1.54, 1.807) is 0 Å². The molecule has 0 amide bonds. The molecule has 1 unspecified atom stereocenters. The van der Waals surface area contributed by atoms with Crippen LogP contribution < -0.4 is 5.73 Å². The second kappa shape index (κ2) is 5.80. The number of nitrogens with two attached hydrogens (primary N) is 1. The van der Waals surface area contributed by atoms with Gasteiger partial charge in [0, 0.05) is 18.9 Å². The topological polar surface area (TPSA) is 43.1 Å². The Morgan fingerprint density at radius 3 is 2.50 bits per heavy atom. The van der Waals surface area contributed by atoms with E-state index in [0.29, 0.717) is 18.8 Å². The highest BCUT2D eigenvalue weighted by molar-refractivity contribution is 5.81. The van der Waals surface area contributed by atoms with E-state index in [-0.39, 0.29) is 11.8 Å². The molecule has 0 aliphatic heterocycles. The monoisotopic (exact) mass is 219 g/mol. The van der Waals surface area contributed by atoms with Gasteiger partial charge in [0.1, 0.15) is 5.78 Å². The van der Waals surface area contributed by atoms with Crippen LogP contribution in [-0.4, -0.2) is 11.8 Å². The molecular formula is C14H21NO. The van der Waals surface area contributed by atoms with E-state index < -0.39 is 0 Å². The standard InChI is InChI=1S/C14H21NO/c1-10(2)14(15)9-13(16)8-12-7-5-4-6-11(12)3/h4-7,10,14H,8-9,15H2,1-3H3. The Morgan fingerprint density at radius 2 is 1.94 bits per heavy atom. The number of aryl methyl sites for hydroxylation is 1. The summed E-state index contributed by atoms with van der Waals surface area (Å²) in [6.07, 6.45) is 0.985. The average molecular weight is 219 g/mol. The molecule has 1 rings (SSSR count). The maximum absolute atomic E-state index is 11.8. The molecule has 0 fully saturated rings. The van der Waals surface area contributed by atoms with Crippen molar-refractivity contribution in [3.63, 3.8) is 0 Å². The third-order valence-electron chi connectivity index (χ3n) is 2.97. The van der Waals surface area contributed by atoms with Gasteiger partial charge in [0.15, 0.2) is 0 Å². The first-order chi connectivity index (χ1) is 7.50. The first kappa shape index (κ1) is 12.9. The van der Waals surface area contributed by atoms with Crippen molar-refractivity contribution in [1.82, 2.24) is 0 Å². The summed E-state index contributed by atoms with van der Waals surface area (Å²) in [6, 6.07) is 7.98. The molecule has 0 saturated heterocycles. The molecule has 0 aliphatic rings. The van der Waals surface area contributed by atoms with Crippen molar-refractivity contribution in [2.75, 3.05) is 0 Å². The fourth-order valence-electron chi connectivity index (χ4n) is 1.59. The number of Topliss-reactive ketones (excluding diaryl/α,β-unsaturated/α-hetero) is 1. The predicted molar refractivity (Wildman–Crippen MR) is 67.3 cm³/mol. The van der Waals surface area contributed by atoms with Gasteiger partial charge in [0.25, 0.3) is 0 Å². The third-order valence-corrected chi connectivity index (χ3v) is 2.97. The summed E-state index contributed by atoms with van der Waals surface area (Å²) in [5.41, 5.74) is 8.18. The molecule has 0 spiro atoms. The van der Waals surface area contributed by atoms with Gasteiger partial charge >= 0.3 is 0 Å². The van der Waals surface area contributed by atoms with Crippen molar-refractivity contribution < 1.29 is 4.79 Å². The van der Waals surface area contributed by atoms with Gasteiger partial charge < -0.3 is 5.73 Å². The summed E-state index contributed by atoms with van der Waals surface area (Å²) in [6.45, 7) is 6.13. The quantitative estimate of drug-likeness (QED) is 0.826. The fraction of sp³-hybridized carbons (Fsp3) is 0.500. The number of carbonyl (C=O) groups excluding carboxylic acids is 1. The van der Waals surface area contributed by atoms with Crippen molar-refractivity contribution in [2.45, 2.75) is 39.7 Å². The van der Waals surface area contributed by atoms with E-state index in [2.05, 4.69) is 0 Å². The van der Waals surface area contributed by atoms with Gasteiger partial charge in [-0.2, -0.15) is 0 Å². The molecule has 2 N–H and O–H groups in total. The lowest BCUT2D eigenvalue weighted by atomic mass is 9.95. The van der Waals surface area contributed by atoms with Crippen LogP contribution in [0, 0.1) is 12.8 Å². The van der Waals surface area contributed by atoms with Gasteiger partial charge in [-0.1, -0.05) is 38.1 Å². The molecule has 16 heavy (non-hydrogen) atoms. The minimum Gasteiger partial charge on any atom is -0.327 e. The van der Waals surface area contributed by atoms with Gasteiger partial charge in [0.2, 0.25) is 0 Å². The molecule has 1 aromatic rings. The van der Waals surface area contributed by atoms with Crippen LogP contribution in [-0.2, 0) is 11.2 Å². The van der Waals surface area contributed by atoms with Crippen LogP contribution in [0.25, 0.3) is 0 Å². The molecule has 1 aromatic carbocycles. The summed E-state index contributed by atoms with van der Waals surface area (Å²) >= 11 is 0. The lowest BCUT2D eigenvalue weighted by Gasteiger charge is -2.14. The Balaban J connectivity index is 2.55. The molecule has 0 aromatic heterocycles. The lowest BCUT2D eigenvalue weighted by Crippen LogP contribution is -2.29. The summed E-state index contributed by atoms with van der Waals surface area (Å²) in [7, 11) is 0. The van der Waals surface area contributed by atoms with Gasteiger partial charge in [-0.05, 0) is 24.0 Å². The highest BCUT2D eigenvalue weighted by atomic mass is 16.1. The molecule has 2 heteroatoms. The number of carbonyl (C=O) groups is 1. The van der Waals surface area contributed by atoms with E-state index in [9.17, 15) is 4.79 Å². The second-order valence-corrected chi connectivity index (χ2v) is 4.75. The van der Waals surface area contributed by atoms with E-state index in [1.807, 2.05) is 45.0 Å². The molecule has 0 saturated carbocycles. The Hall–Kier alpha value is -1.15. The van der Waals surface area contributed by atoms with Crippen LogP contribution in [0.15, 0.2) is 24.3 Å². The van der Waals surface area contributed by atoms with Crippen LogP contribution in [0.4, 0.5) is 0 Å². The van der Waals surface area contributed by atoms with E-state index >= 15 is 0 Å². The third kappa shape index (κ3) is 3.78. The zero-order valence-electron chi connectivity index (χ0n) is 10.4. The van der Waals surface area contributed by atoms with Crippen LogP contribution in [0.2, 0.25) is 0 Å². The smallest absolute Gasteiger partial charge is 0.138 e. The first-order valence-corrected chi connectivity index (χ1v) is 5.82. The molecule has 0 heterocycles. The first-order valence-electron chi connectivity index (χ1n) is 5.82. The zero-order chi connectivity index (χ0) is 12.1. The van der Waals surface area contributed by atoms with Gasteiger partial charge in [-0.25, -0.2) is 0 Å². The summed E-state index contributed by atoms with van der Waals surface area (Å²) < 4.78 is 0. The van der Waals surface area contributed by atoms with E-state index in [4.69, 9.17) is 5.73 Å². The van der Waals surface area contributed by atoms with Crippen molar-refractivity contribution in [3.05, 3.63) is 35.4 Å². The number of hydrogen-bond acceptors (Lipinski definition) is 2. The molecule has 1 atom stereocenters. The Labute approximate surface area is 97.9 Å². The summed E-state index contributed by atoms with van der Waals surface area (Å²) in [5, 5.41) is 0. The number of rotatable bonds is 5. The number of ketones is 1. The van der Waals surface area contributed by atoms with Crippen LogP contribution in [0.5, 0.6) is 0 Å². The maximum atomic E-state index is 11.8. The van der Waals surface area contributed by atoms with Gasteiger partial charge in [-0.3, -0.25) is 4.79 Å². The van der Waals surface area contributed by atoms with Crippen molar-refractivity contribution in [2.24, 2.45) is 11.7 Å². The minimum atomic E-state index is -0.0171. The number of hydrogen-bond donors (Lipinski definition) is 1. The maximum Gasteiger partial charge on any atom is 0.138 e. The lowest BCUT2D eigenvalue weighted by molar-refractivity contribution is -0.118. The van der Waals surface area contributed by atoms with Gasteiger partial charge in [-0.15, -0.1) is 0 Å². The fourth-order valence-corrected chi connectivity index (χ4v) is 1.59. The molecule has 0 bridgehead atoms. The molecule has 2 nitrogen and oxygen atoms in total. The van der Waals surface area contributed by atoms with Crippen molar-refractivity contribution in [3.8, 4) is 0 Å². The van der Waals surface area contributed by atoms with Crippen LogP contribution in [0.1, 0.15) is 31.4 Å². The molecule has 0 aliphatic carbocycles. The molecule has 0 radical (unpaired) electrons. The van der Waals surface area contributed by atoms with Crippen LogP contribution in [0.3, 0.4) is 0 Å². The molecule has 88 valence electrons. The SMILES string of the molecule is Cc1ccccc1CC(=O)CC(N)C(C)C. The summed E-state index contributed by atoms with van der Waals surface area (Å²) in [5.74, 6) is 0.594. The highest BCUT2D eigenvalue weighted by Crippen LogP contribution is 2.11. The van der Waals surface area contributed by atoms with E-state index in [0.717, 1.165) is 5.56 Å². The molecular weight excluding hydrogens is 198 g/mol. The normalized spacial score (nSPS) is 12.8. The predicted octanol–water partition coefficient (Wildman–Crippen LogP) is 2.48. The Kier molecular flexibility index (Phi) is 4.69. The Bertz CT molecular complexity index is 358. The number of benzene rings is 1. The largest absolute Gasteiger partial charge is 0.327 e.